The summed E-state index contributed by atoms with van der Waals surface area (Å²) in [6.07, 6.45) is 0. The van der Waals surface area contributed by atoms with Gasteiger partial charge in [-0.25, -0.2) is 13.5 Å². The van der Waals surface area contributed by atoms with Gasteiger partial charge in [-0.15, -0.1) is 5.10 Å². The van der Waals surface area contributed by atoms with E-state index in [4.69, 9.17) is 9.47 Å². The Labute approximate surface area is 174 Å². The van der Waals surface area contributed by atoms with Crippen LogP contribution < -0.4 is 14.8 Å². The van der Waals surface area contributed by atoms with Gasteiger partial charge in [0.25, 0.3) is 0 Å². The zero-order chi connectivity index (χ0) is 21.3. The second-order valence-electron chi connectivity index (χ2n) is 6.18. The summed E-state index contributed by atoms with van der Waals surface area (Å²) in [5.74, 6) is 0.374. The Morgan fingerprint density at radius 1 is 1.03 bits per heavy atom. The number of anilines is 2. The van der Waals surface area contributed by atoms with Crippen LogP contribution in [0.15, 0.2) is 36.4 Å². The highest BCUT2D eigenvalue weighted by atomic mass is 32.1. The first-order valence-corrected chi connectivity index (χ1v) is 9.47. The Bertz CT molecular complexity index is 1190. The highest BCUT2D eigenvalue weighted by Gasteiger charge is 2.19. The molecule has 0 atom stereocenters. The molecule has 154 valence electrons. The molecular weight excluding hydrogens is 414 g/mol. The molecule has 1 N–H and O–H groups in total. The molecule has 2 aromatic heterocycles. The Kier molecular flexibility index (Phi) is 5.27. The van der Waals surface area contributed by atoms with Gasteiger partial charge in [0.05, 0.1) is 19.9 Å². The quantitative estimate of drug-likeness (QED) is 0.492. The fourth-order valence-corrected chi connectivity index (χ4v) is 3.38. The van der Waals surface area contributed by atoms with Gasteiger partial charge in [-0.3, -0.25) is 0 Å². The summed E-state index contributed by atoms with van der Waals surface area (Å²) in [6, 6.07) is 8.47. The van der Waals surface area contributed by atoms with Gasteiger partial charge in [-0.1, -0.05) is 5.21 Å². The highest BCUT2D eigenvalue weighted by Crippen LogP contribution is 2.30. The number of halogens is 2. The molecule has 0 spiro atoms. The van der Waals surface area contributed by atoms with Crippen LogP contribution in [0.25, 0.3) is 17.2 Å². The van der Waals surface area contributed by atoms with E-state index in [0.29, 0.717) is 39.5 Å². The van der Waals surface area contributed by atoms with Crippen molar-refractivity contribution in [1.82, 2.24) is 24.4 Å². The molecule has 4 rings (SSSR count). The molecule has 0 aliphatic rings. The summed E-state index contributed by atoms with van der Waals surface area (Å²) in [7, 11) is 3.13. The molecule has 0 saturated heterocycles. The lowest BCUT2D eigenvalue weighted by Gasteiger charge is -2.08. The van der Waals surface area contributed by atoms with Gasteiger partial charge in [0.2, 0.25) is 5.13 Å². The third kappa shape index (κ3) is 3.79. The lowest BCUT2D eigenvalue weighted by molar-refractivity contribution is 0.395. The van der Waals surface area contributed by atoms with Crippen molar-refractivity contribution < 1.29 is 18.3 Å². The zero-order valence-electron chi connectivity index (χ0n) is 16.2. The minimum atomic E-state index is -0.614. The Morgan fingerprint density at radius 2 is 1.77 bits per heavy atom. The maximum Gasteiger partial charge on any atom is 0.207 e. The van der Waals surface area contributed by atoms with Crippen molar-refractivity contribution in [2.75, 3.05) is 19.5 Å². The van der Waals surface area contributed by atoms with Gasteiger partial charge in [-0.05, 0) is 19.1 Å². The molecule has 30 heavy (non-hydrogen) atoms. The summed E-state index contributed by atoms with van der Waals surface area (Å²) in [4.78, 5) is 4.43. The molecule has 11 heteroatoms. The van der Waals surface area contributed by atoms with E-state index in [9.17, 15) is 8.78 Å². The smallest absolute Gasteiger partial charge is 0.207 e. The van der Waals surface area contributed by atoms with Crippen LogP contribution in [0, 0.1) is 18.6 Å². The molecular formula is C19H16F2N6O2S. The van der Waals surface area contributed by atoms with E-state index >= 15 is 0 Å². The average Bonchev–Trinajstić information content (AvgIpc) is 3.35. The maximum absolute atomic E-state index is 14.1. The largest absolute Gasteiger partial charge is 0.497 e. The SMILES string of the molecule is COc1cc(Nc2nc(-c3nnn(-c4cc(F)ccc4F)c3C)ns2)cc(OC)c1. The third-order valence-corrected chi connectivity index (χ3v) is 4.90. The van der Waals surface area contributed by atoms with Crippen LogP contribution in [0.2, 0.25) is 0 Å². The number of aromatic nitrogens is 5. The average molecular weight is 430 g/mol. The molecule has 0 bridgehead atoms. The van der Waals surface area contributed by atoms with E-state index < -0.39 is 11.6 Å². The monoisotopic (exact) mass is 430 g/mol. The molecule has 2 heterocycles. The van der Waals surface area contributed by atoms with Gasteiger partial charge in [0, 0.05) is 41.5 Å². The summed E-state index contributed by atoms with van der Waals surface area (Å²) in [6.45, 7) is 1.68. The molecule has 0 fully saturated rings. The molecule has 0 saturated carbocycles. The minimum absolute atomic E-state index is 0.0386. The van der Waals surface area contributed by atoms with Crippen molar-refractivity contribution in [2.24, 2.45) is 0 Å². The highest BCUT2D eigenvalue weighted by molar-refractivity contribution is 7.09. The lowest BCUT2D eigenvalue weighted by Crippen LogP contribution is -2.03. The molecule has 2 aromatic carbocycles. The zero-order valence-corrected chi connectivity index (χ0v) is 17.0. The fourth-order valence-electron chi connectivity index (χ4n) is 2.79. The van der Waals surface area contributed by atoms with Crippen LogP contribution in [0.3, 0.4) is 0 Å². The van der Waals surface area contributed by atoms with Crippen molar-refractivity contribution >= 4 is 22.4 Å². The number of hydrogen-bond acceptors (Lipinski definition) is 8. The van der Waals surface area contributed by atoms with E-state index in [1.165, 1.54) is 4.68 Å². The number of ether oxygens (including phenoxy) is 2. The Balaban J connectivity index is 1.62. The first-order valence-electron chi connectivity index (χ1n) is 8.70. The minimum Gasteiger partial charge on any atom is -0.497 e. The van der Waals surface area contributed by atoms with Crippen molar-refractivity contribution in [1.29, 1.82) is 0 Å². The standard InChI is InChI=1S/C19H16F2N6O2S/c1-10-17(24-26-27(10)16-6-11(20)4-5-15(16)21)18-23-19(30-25-18)22-12-7-13(28-2)9-14(8-12)29-3/h4-9H,1-3H3,(H,22,23,25). The van der Waals surface area contributed by atoms with Gasteiger partial charge < -0.3 is 14.8 Å². The summed E-state index contributed by atoms with van der Waals surface area (Å²) in [5.41, 5.74) is 1.51. The molecule has 0 unspecified atom stereocenters. The van der Waals surface area contributed by atoms with Crippen molar-refractivity contribution in [2.45, 2.75) is 6.92 Å². The van der Waals surface area contributed by atoms with Crippen LogP contribution in [-0.2, 0) is 0 Å². The van der Waals surface area contributed by atoms with Gasteiger partial charge in [0.15, 0.2) is 11.5 Å². The van der Waals surface area contributed by atoms with E-state index in [2.05, 4.69) is 25.0 Å². The third-order valence-electron chi connectivity index (χ3n) is 4.27. The van der Waals surface area contributed by atoms with Crippen molar-refractivity contribution in [3.63, 3.8) is 0 Å². The first-order chi connectivity index (χ1) is 14.5. The molecule has 0 radical (unpaired) electrons. The number of rotatable bonds is 6. The van der Waals surface area contributed by atoms with Crippen molar-refractivity contribution in [3.05, 3.63) is 53.7 Å². The number of nitrogens with zero attached hydrogens (tertiary/aromatic N) is 5. The van der Waals surface area contributed by atoms with Crippen LogP contribution in [-0.4, -0.2) is 38.6 Å². The number of benzene rings is 2. The number of methoxy groups -OCH3 is 2. The molecule has 0 aliphatic carbocycles. The normalized spacial score (nSPS) is 10.8. The maximum atomic E-state index is 14.1. The summed E-state index contributed by atoms with van der Waals surface area (Å²) >= 11 is 1.12. The first kappa shape index (κ1) is 19.7. The van der Waals surface area contributed by atoms with Crippen molar-refractivity contribution in [3.8, 4) is 28.7 Å². The van der Waals surface area contributed by atoms with E-state index in [1.54, 1.807) is 39.3 Å². The summed E-state index contributed by atoms with van der Waals surface area (Å²) < 4.78 is 43.7. The van der Waals surface area contributed by atoms with E-state index in [0.717, 1.165) is 29.7 Å². The predicted molar refractivity (Wildman–Crippen MR) is 108 cm³/mol. The second kappa shape index (κ2) is 8.03. The predicted octanol–water partition coefficient (Wildman–Crippen LogP) is 4.13. The summed E-state index contributed by atoms with van der Waals surface area (Å²) in [5, 5.41) is 11.6. The molecule has 0 amide bonds. The topological polar surface area (TPSA) is 87.0 Å². The number of nitrogens with one attached hydrogen (secondary N) is 1. The van der Waals surface area contributed by atoms with Crippen LogP contribution in [0.4, 0.5) is 19.6 Å². The Hall–Kier alpha value is -3.60. The van der Waals surface area contributed by atoms with Crippen LogP contribution >= 0.6 is 11.5 Å². The van der Waals surface area contributed by atoms with Gasteiger partial charge >= 0.3 is 0 Å². The van der Waals surface area contributed by atoms with Crippen LogP contribution in [0.5, 0.6) is 11.5 Å². The molecule has 0 aliphatic heterocycles. The fraction of sp³-hybridized carbons (Fsp3) is 0.158. The van der Waals surface area contributed by atoms with Gasteiger partial charge in [0.1, 0.15) is 28.8 Å². The van der Waals surface area contributed by atoms with E-state index in [-0.39, 0.29) is 5.69 Å². The lowest BCUT2D eigenvalue weighted by atomic mass is 10.2. The molecule has 8 nitrogen and oxygen atoms in total. The Morgan fingerprint density at radius 3 is 2.47 bits per heavy atom. The second-order valence-corrected chi connectivity index (χ2v) is 6.93. The van der Waals surface area contributed by atoms with Gasteiger partial charge in [-0.2, -0.15) is 9.36 Å². The van der Waals surface area contributed by atoms with Crippen LogP contribution in [0.1, 0.15) is 5.69 Å². The number of hydrogen-bond donors (Lipinski definition) is 1. The van der Waals surface area contributed by atoms with E-state index in [1.807, 2.05) is 0 Å². The molecule has 4 aromatic rings.